The van der Waals surface area contributed by atoms with Crippen molar-refractivity contribution in [1.29, 1.82) is 0 Å². The van der Waals surface area contributed by atoms with Crippen LogP contribution in [-0.2, 0) is 35.3 Å². The summed E-state index contributed by atoms with van der Waals surface area (Å²) in [6.45, 7) is 11.7. The highest BCUT2D eigenvalue weighted by Crippen LogP contribution is 2.34. The Bertz CT molecular complexity index is 1960. The van der Waals surface area contributed by atoms with Gasteiger partial charge in [0.2, 0.25) is 0 Å². The van der Waals surface area contributed by atoms with Gasteiger partial charge in [-0.1, -0.05) is 13.8 Å². The van der Waals surface area contributed by atoms with Crippen LogP contribution in [0.4, 0.5) is 11.6 Å². The lowest BCUT2D eigenvalue weighted by atomic mass is 9.88. The molecule has 55 heavy (non-hydrogen) atoms. The van der Waals surface area contributed by atoms with Crippen LogP contribution in [0.2, 0.25) is 0 Å². The minimum atomic E-state index is -0.852. The van der Waals surface area contributed by atoms with Gasteiger partial charge in [-0.3, -0.25) is 19.6 Å². The summed E-state index contributed by atoms with van der Waals surface area (Å²) in [4.78, 5) is 45.7. The maximum atomic E-state index is 12.5. The monoisotopic (exact) mass is 753 g/mol. The normalized spacial score (nSPS) is 13.1. The number of aryl methyl sites for hydroxylation is 4. The Morgan fingerprint density at radius 1 is 0.709 bits per heavy atom. The van der Waals surface area contributed by atoms with Crippen molar-refractivity contribution in [3.63, 3.8) is 0 Å². The molecule has 0 radical (unpaired) electrons. The number of aromatic nitrogens is 4. The number of carbonyl (C=O) groups is 2. The molecule has 296 valence electrons. The number of hydrogen-bond acceptors (Lipinski definition) is 11. The molecule has 0 bridgehead atoms. The molecule has 0 atom stereocenters. The van der Waals surface area contributed by atoms with Gasteiger partial charge in [-0.25, -0.2) is 9.97 Å². The Kier molecular flexibility index (Phi) is 14.6. The number of aliphatic hydroxyl groups excluding tert-OH is 2. The molecule has 0 unspecified atom stereocenters. The van der Waals surface area contributed by atoms with Crippen molar-refractivity contribution in [1.82, 2.24) is 19.9 Å². The summed E-state index contributed by atoms with van der Waals surface area (Å²) in [5, 5.41) is 26.7. The maximum absolute atomic E-state index is 12.5. The minimum Gasteiger partial charge on any atom is -0.480 e. The van der Waals surface area contributed by atoms with E-state index >= 15 is 0 Å². The highest BCUT2D eigenvalue weighted by molar-refractivity contribution is 5.84. The van der Waals surface area contributed by atoms with Crippen LogP contribution >= 0.6 is 0 Å². The molecule has 4 aromatic heterocycles. The molecule has 0 spiro atoms. The van der Waals surface area contributed by atoms with Gasteiger partial charge in [0.1, 0.15) is 18.2 Å². The number of fused-ring (bicyclic) bond motifs is 2. The molecule has 0 aliphatic heterocycles. The number of aliphatic hydroxyl groups is 2. The number of ketones is 1. The van der Waals surface area contributed by atoms with E-state index in [0.29, 0.717) is 13.0 Å². The zero-order chi connectivity index (χ0) is 40.5. The maximum Gasteiger partial charge on any atom is 0.323 e. The molecule has 12 nitrogen and oxygen atoms in total. The van der Waals surface area contributed by atoms with Gasteiger partial charge in [-0.15, -0.1) is 0 Å². The number of pyridine rings is 4. The van der Waals surface area contributed by atoms with Crippen molar-refractivity contribution >= 4 is 23.4 Å². The van der Waals surface area contributed by atoms with Crippen LogP contribution in [0.5, 0.6) is 0 Å². The van der Waals surface area contributed by atoms with Crippen LogP contribution in [0.1, 0.15) is 80.3 Å². The largest absolute Gasteiger partial charge is 0.480 e. The number of nitrogens with two attached hydrogens (primary N) is 1. The average molecular weight is 754 g/mol. The molecule has 0 amide bonds. The number of rotatable bonds is 12. The summed E-state index contributed by atoms with van der Waals surface area (Å²) in [6.07, 6.45) is 10.2. The van der Waals surface area contributed by atoms with Crippen LogP contribution in [0.3, 0.4) is 0 Å². The van der Waals surface area contributed by atoms with Crippen LogP contribution in [0, 0.1) is 19.3 Å². The number of likely N-dealkylation sites (N-methyl/N-ethyl adjacent to an activating group) is 2. The van der Waals surface area contributed by atoms with Crippen LogP contribution in [0.25, 0.3) is 22.8 Å². The first-order valence-corrected chi connectivity index (χ1v) is 19.0. The summed E-state index contributed by atoms with van der Waals surface area (Å²) >= 11 is 0. The van der Waals surface area contributed by atoms with Gasteiger partial charge in [0.05, 0.1) is 35.9 Å². The molecule has 6 rings (SSSR count). The predicted molar refractivity (Wildman–Crippen MR) is 218 cm³/mol. The zero-order valence-corrected chi connectivity index (χ0v) is 33.8. The number of Topliss-reactive ketones (excluding diaryl/α,β-unsaturated/α-hetero) is 1. The van der Waals surface area contributed by atoms with E-state index < -0.39 is 11.5 Å². The Balaban J connectivity index is 0.000000216. The summed E-state index contributed by atoms with van der Waals surface area (Å²) in [7, 11) is 3.71. The van der Waals surface area contributed by atoms with Crippen molar-refractivity contribution in [2.24, 2.45) is 11.1 Å². The second-order valence-electron chi connectivity index (χ2n) is 16.4. The van der Waals surface area contributed by atoms with Crippen molar-refractivity contribution < 1.29 is 24.9 Å². The molecule has 4 aromatic rings. The second-order valence-corrected chi connectivity index (χ2v) is 16.4. The van der Waals surface area contributed by atoms with Crippen LogP contribution in [0.15, 0.2) is 48.8 Å². The fourth-order valence-corrected chi connectivity index (χ4v) is 6.63. The van der Waals surface area contributed by atoms with Crippen LogP contribution < -0.4 is 15.5 Å². The molecule has 2 aliphatic carbocycles. The van der Waals surface area contributed by atoms with E-state index in [2.05, 4.69) is 22.1 Å². The number of carboxylic acid groups (broad SMARTS) is 1. The van der Waals surface area contributed by atoms with E-state index in [4.69, 9.17) is 25.9 Å². The van der Waals surface area contributed by atoms with E-state index in [9.17, 15) is 14.7 Å². The van der Waals surface area contributed by atoms with Gasteiger partial charge >= 0.3 is 5.97 Å². The summed E-state index contributed by atoms with van der Waals surface area (Å²) in [5.41, 5.74) is 15.2. The quantitative estimate of drug-likeness (QED) is 0.142. The van der Waals surface area contributed by atoms with Gasteiger partial charge < -0.3 is 30.9 Å². The Morgan fingerprint density at radius 3 is 1.53 bits per heavy atom. The molecule has 0 fully saturated rings. The number of nitrogens with zero attached hydrogens (tertiary/aromatic N) is 6. The fraction of sp³-hybridized carbons (Fsp3) is 0.488. The number of carbonyl (C=O) groups excluding carboxylic acids is 1. The zero-order valence-electron chi connectivity index (χ0n) is 33.8. The van der Waals surface area contributed by atoms with E-state index in [-0.39, 0.29) is 31.0 Å². The molecular weight excluding hydrogens is 695 g/mol. The van der Waals surface area contributed by atoms with Crippen molar-refractivity contribution in [2.75, 3.05) is 50.2 Å². The molecule has 4 heterocycles. The van der Waals surface area contributed by atoms with E-state index in [1.54, 1.807) is 32.0 Å². The predicted octanol–water partition coefficient (Wildman–Crippen LogP) is 5.53. The third-order valence-corrected chi connectivity index (χ3v) is 9.51. The third kappa shape index (κ3) is 12.4. The highest BCUT2D eigenvalue weighted by Gasteiger charge is 2.26. The van der Waals surface area contributed by atoms with Gasteiger partial charge in [-0.05, 0) is 141 Å². The Morgan fingerprint density at radius 2 is 1.15 bits per heavy atom. The van der Waals surface area contributed by atoms with Crippen LogP contribution in [-0.4, -0.2) is 92.9 Å². The topological polar surface area (TPSA) is 179 Å². The lowest BCUT2D eigenvalue weighted by Gasteiger charge is -2.25. The van der Waals surface area contributed by atoms with Crippen molar-refractivity contribution in [3.8, 4) is 22.8 Å². The second kappa shape index (κ2) is 18.7. The molecule has 0 saturated carbocycles. The summed E-state index contributed by atoms with van der Waals surface area (Å²) in [6, 6.07) is 12.2. The molecule has 0 aromatic carbocycles. The third-order valence-electron chi connectivity index (χ3n) is 9.51. The van der Waals surface area contributed by atoms with Gasteiger partial charge in [-0.2, -0.15) is 0 Å². The molecule has 0 saturated heterocycles. The number of hydrogen-bond donors (Lipinski definition) is 4. The number of carboxylic acids is 1. The standard InChI is InChI=1S/C22H29N3O2.C17H19N3O2.C4H11NO/c1-15-8-9-23-19(10-15)20-11-16-6-5-7-18(16)21(24-20)25(4)13-17(27)12-22(2,3)14-26;1-11-6-7-18-14(8-11)15-9-12-4-3-5-13(12)17(19-15)20(2)10-16(21)22;1-4(2,5)3-6/h8-11,26H,5-7,12-14H2,1-4H3;6-9H,3-5,10H2,1-2H3,(H,21,22);6H,3,5H2,1-2H3. The summed E-state index contributed by atoms with van der Waals surface area (Å²) < 4.78 is 0. The van der Waals surface area contributed by atoms with Gasteiger partial charge in [0, 0.05) is 45.1 Å². The number of aliphatic carboxylic acids is 1. The highest BCUT2D eigenvalue weighted by atomic mass is 16.4. The fourth-order valence-electron chi connectivity index (χ4n) is 6.63. The first-order valence-electron chi connectivity index (χ1n) is 19.0. The van der Waals surface area contributed by atoms with E-state index in [0.717, 1.165) is 84.1 Å². The average Bonchev–Trinajstić information content (AvgIpc) is 3.80. The smallest absolute Gasteiger partial charge is 0.323 e. The van der Waals surface area contributed by atoms with E-state index in [1.807, 2.05) is 70.1 Å². The molecule has 12 heteroatoms. The first-order chi connectivity index (χ1) is 25.9. The summed E-state index contributed by atoms with van der Waals surface area (Å²) in [5.74, 6) is 0.925. The molecule has 2 aliphatic rings. The Hall–Kier alpha value is -4.78. The van der Waals surface area contributed by atoms with Crippen molar-refractivity contribution in [3.05, 3.63) is 82.2 Å². The Labute approximate surface area is 325 Å². The van der Waals surface area contributed by atoms with E-state index in [1.165, 1.54) is 22.3 Å². The lowest BCUT2D eigenvalue weighted by molar-refractivity contribution is -0.135. The van der Waals surface area contributed by atoms with Gasteiger partial charge in [0.15, 0.2) is 5.78 Å². The molecule has 5 N–H and O–H groups in total. The number of anilines is 2. The lowest BCUT2D eigenvalue weighted by Crippen LogP contribution is -2.35. The first kappa shape index (κ1) is 43.0. The van der Waals surface area contributed by atoms with Crippen molar-refractivity contribution in [2.45, 2.75) is 92.0 Å². The minimum absolute atomic E-state index is 0.00458. The molecular formula is C43H59N7O5. The SMILES string of the molecule is CC(C)(N)CO.Cc1ccnc(-c2cc3c(c(N(C)CC(=O)CC(C)(C)CO)n2)CCC3)c1.Cc1ccnc(-c2cc3c(c(N(C)CC(=O)O)n2)CCC3)c1. The van der Waals surface area contributed by atoms with Gasteiger partial charge in [0.25, 0.3) is 0 Å².